The molecule has 0 fully saturated rings. The smallest absolute Gasteiger partial charge is 0.110 e. The SMILES string of the molecule is Clc1[c]nccc1Br. The lowest BCUT2D eigenvalue weighted by Gasteiger charge is -1.87. The summed E-state index contributed by atoms with van der Waals surface area (Å²) in [6.45, 7) is 0. The standard InChI is InChI=1S/C5H2BrClN/c6-4-1-2-8-3-5(4)7/h1-2H. The molecule has 1 aromatic heterocycles. The zero-order chi connectivity index (χ0) is 5.98. The fourth-order valence-electron chi connectivity index (χ4n) is 0.323. The van der Waals surface area contributed by atoms with E-state index in [-0.39, 0.29) is 0 Å². The summed E-state index contributed by atoms with van der Waals surface area (Å²) >= 11 is 8.74. The Morgan fingerprint density at radius 3 is 2.88 bits per heavy atom. The first kappa shape index (κ1) is 6.05. The minimum atomic E-state index is 0.521. The molecule has 0 aromatic carbocycles. The van der Waals surface area contributed by atoms with Crippen LogP contribution in [-0.2, 0) is 0 Å². The van der Waals surface area contributed by atoms with Gasteiger partial charge >= 0.3 is 0 Å². The number of pyridine rings is 1. The van der Waals surface area contributed by atoms with Crippen molar-refractivity contribution in [2.75, 3.05) is 0 Å². The van der Waals surface area contributed by atoms with E-state index in [0.29, 0.717) is 5.02 Å². The summed E-state index contributed by atoms with van der Waals surface area (Å²) in [5, 5.41) is 0.521. The highest BCUT2D eigenvalue weighted by atomic mass is 79.9. The zero-order valence-electron chi connectivity index (χ0n) is 3.86. The fraction of sp³-hybridized carbons (Fsp3) is 0. The van der Waals surface area contributed by atoms with Gasteiger partial charge < -0.3 is 0 Å². The van der Waals surface area contributed by atoms with Crippen LogP contribution in [0, 0.1) is 6.20 Å². The molecule has 0 atom stereocenters. The monoisotopic (exact) mass is 190 g/mol. The van der Waals surface area contributed by atoms with Gasteiger partial charge in [-0.25, -0.2) is 0 Å². The van der Waals surface area contributed by atoms with Gasteiger partial charge in [-0.15, -0.1) is 0 Å². The van der Waals surface area contributed by atoms with E-state index in [0.717, 1.165) is 4.47 Å². The van der Waals surface area contributed by atoms with Crippen LogP contribution in [0.1, 0.15) is 0 Å². The topological polar surface area (TPSA) is 12.9 Å². The van der Waals surface area contributed by atoms with Crippen LogP contribution in [0.2, 0.25) is 5.02 Å². The van der Waals surface area contributed by atoms with E-state index >= 15 is 0 Å². The van der Waals surface area contributed by atoms with Crippen LogP contribution in [0.3, 0.4) is 0 Å². The molecule has 1 nitrogen and oxygen atoms in total. The quantitative estimate of drug-likeness (QED) is 0.613. The highest BCUT2D eigenvalue weighted by Gasteiger charge is 1.90. The molecule has 0 saturated carbocycles. The lowest BCUT2D eigenvalue weighted by Crippen LogP contribution is -1.70. The normalized spacial score (nSPS) is 9.25. The predicted molar refractivity (Wildman–Crippen MR) is 35.8 cm³/mol. The van der Waals surface area contributed by atoms with Crippen molar-refractivity contribution in [2.24, 2.45) is 0 Å². The second-order valence-electron chi connectivity index (χ2n) is 1.22. The van der Waals surface area contributed by atoms with Crippen LogP contribution in [0.15, 0.2) is 16.7 Å². The lowest BCUT2D eigenvalue weighted by atomic mass is 10.5. The Bertz CT molecular complexity index is 169. The maximum atomic E-state index is 5.54. The second-order valence-corrected chi connectivity index (χ2v) is 2.45. The van der Waals surface area contributed by atoms with Crippen molar-refractivity contribution < 1.29 is 0 Å². The first-order chi connectivity index (χ1) is 3.80. The molecule has 0 amide bonds. The summed E-state index contributed by atoms with van der Waals surface area (Å²) in [7, 11) is 0. The Hall–Kier alpha value is -0.0800. The molecule has 0 bridgehead atoms. The van der Waals surface area contributed by atoms with Crippen LogP contribution < -0.4 is 0 Å². The highest BCUT2D eigenvalue weighted by Crippen LogP contribution is 2.18. The molecule has 0 unspecified atom stereocenters. The van der Waals surface area contributed by atoms with Crippen molar-refractivity contribution in [2.45, 2.75) is 0 Å². The predicted octanol–water partition coefficient (Wildman–Crippen LogP) is 2.30. The van der Waals surface area contributed by atoms with Gasteiger partial charge in [-0.1, -0.05) is 11.6 Å². The summed E-state index contributed by atoms with van der Waals surface area (Å²) in [5.41, 5.74) is 0. The number of hydrogen-bond acceptors (Lipinski definition) is 1. The van der Waals surface area contributed by atoms with E-state index < -0.39 is 0 Å². The van der Waals surface area contributed by atoms with Gasteiger partial charge in [-0.3, -0.25) is 4.98 Å². The highest BCUT2D eigenvalue weighted by molar-refractivity contribution is 9.10. The van der Waals surface area contributed by atoms with Gasteiger partial charge in [0.25, 0.3) is 0 Å². The minimum absolute atomic E-state index is 0.521. The van der Waals surface area contributed by atoms with Gasteiger partial charge in [0.2, 0.25) is 0 Å². The molecular weight excluding hydrogens is 189 g/mol. The van der Waals surface area contributed by atoms with Crippen molar-refractivity contribution in [3.05, 3.63) is 28.0 Å². The minimum Gasteiger partial charge on any atom is -0.253 e. The van der Waals surface area contributed by atoms with E-state index in [1.165, 1.54) is 0 Å². The Morgan fingerprint density at radius 2 is 2.50 bits per heavy atom. The first-order valence-corrected chi connectivity index (χ1v) is 3.15. The molecule has 3 heteroatoms. The largest absolute Gasteiger partial charge is 0.253 e. The van der Waals surface area contributed by atoms with Crippen molar-refractivity contribution >= 4 is 27.5 Å². The van der Waals surface area contributed by atoms with Crippen molar-refractivity contribution in [3.63, 3.8) is 0 Å². The average Bonchev–Trinajstić information content (AvgIpc) is 1.77. The molecule has 0 spiro atoms. The molecule has 8 heavy (non-hydrogen) atoms. The van der Waals surface area contributed by atoms with E-state index in [9.17, 15) is 0 Å². The fourth-order valence-corrected chi connectivity index (χ4v) is 0.642. The lowest BCUT2D eigenvalue weighted by molar-refractivity contribution is 1.30. The van der Waals surface area contributed by atoms with Crippen LogP contribution in [-0.4, -0.2) is 4.98 Å². The van der Waals surface area contributed by atoms with Crippen LogP contribution in [0.5, 0.6) is 0 Å². The Labute approximate surface area is 60.8 Å². The van der Waals surface area contributed by atoms with E-state index in [2.05, 4.69) is 27.1 Å². The molecule has 0 saturated heterocycles. The van der Waals surface area contributed by atoms with Crippen molar-refractivity contribution in [3.8, 4) is 0 Å². The van der Waals surface area contributed by atoms with Crippen LogP contribution in [0.4, 0.5) is 0 Å². The summed E-state index contributed by atoms with van der Waals surface area (Å²) in [6.07, 6.45) is 4.19. The molecule has 0 N–H and O–H groups in total. The van der Waals surface area contributed by atoms with E-state index in [1.807, 2.05) is 0 Å². The third kappa shape index (κ3) is 1.20. The Balaban J connectivity index is 3.13. The first-order valence-electron chi connectivity index (χ1n) is 1.98. The van der Waals surface area contributed by atoms with Gasteiger partial charge in [-0.2, -0.15) is 0 Å². The third-order valence-corrected chi connectivity index (χ3v) is 1.85. The van der Waals surface area contributed by atoms with Gasteiger partial charge in [0.15, 0.2) is 0 Å². The van der Waals surface area contributed by atoms with Gasteiger partial charge in [0.1, 0.15) is 6.20 Å². The van der Waals surface area contributed by atoms with E-state index in [1.54, 1.807) is 12.3 Å². The summed E-state index contributed by atoms with van der Waals surface area (Å²) < 4.78 is 0.828. The molecule has 1 rings (SSSR count). The molecule has 0 aliphatic heterocycles. The number of halogens is 2. The molecule has 0 aliphatic rings. The number of hydrogen-bond donors (Lipinski definition) is 0. The zero-order valence-corrected chi connectivity index (χ0v) is 6.20. The molecule has 1 radical (unpaired) electrons. The van der Waals surface area contributed by atoms with Crippen LogP contribution >= 0.6 is 27.5 Å². The number of rotatable bonds is 0. The van der Waals surface area contributed by atoms with Crippen molar-refractivity contribution in [1.29, 1.82) is 0 Å². The maximum absolute atomic E-state index is 5.54. The Kier molecular flexibility index (Phi) is 1.86. The summed E-state index contributed by atoms with van der Waals surface area (Å²) in [6, 6.07) is 1.76. The third-order valence-electron chi connectivity index (χ3n) is 0.668. The number of aromatic nitrogens is 1. The summed E-state index contributed by atoms with van der Waals surface area (Å²) in [5.74, 6) is 0. The molecule has 1 heterocycles. The maximum Gasteiger partial charge on any atom is 0.110 e. The average molecular weight is 191 g/mol. The summed E-state index contributed by atoms with van der Waals surface area (Å²) in [4.78, 5) is 3.66. The molecule has 41 valence electrons. The van der Waals surface area contributed by atoms with E-state index in [4.69, 9.17) is 11.6 Å². The van der Waals surface area contributed by atoms with Gasteiger partial charge in [-0.05, 0) is 22.0 Å². The molecular formula is C5H2BrClN. The second kappa shape index (κ2) is 2.46. The van der Waals surface area contributed by atoms with Crippen LogP contribution in [0.25, 0.3) is 0 Å². The van der Waals surface area contributed by atoms with Gasteiger partial charge in [0, 0.05) is 10.7 Å². The van der Waals surface area contributed by atoms with Crippen molar-refractivity contribution in [1.82, 2.24) is 4.98 Å². The molecule has 1 aromatic rings. The number of nitrogens with zero attached hydrogens (tertiary/aromatic N) is 1. The molecule has 0 aliphatic carbocycles. The van der Waals surface area contributed by atoms with Gasteiger partial charge in [0.05, 0.1) is 5.02 Å². The Morgan fingerprint density at radius 1 is 1.75 bits per heavy atom.